The number of imidazole rings is 1. The molecule has 0 saturated heterocycles. The quantitative estimate of drug-likeness (QED) is 0.442. The van der Waals surface area contributed by atoms with Crippen LogP contribution >= 0.6 is 11.8 Å². The van der Waals surface area contributed by atoms with Gasteiger partial charge in [-0.1, -0.05) is 48.2 Å². The molecule has 0 spiro atoms. The number of hydrogen-bond donors (Lipinski definition) is 1. The van der Waals surface area contributed by atoms with Gasteiger partial charge in [-0.05, 0) is 46.5 Å². The molecule has 2 heterocycles. The Kier molecular flexibility index (Phi) is 5.18. The molecule has 2 aromatic carbocycles. The molecule has 2 aromatic heterocycles. The van der Waals surface area contributed by atoms with E-state index in [0.29, 0.717) is 23.5 Å². The second-order valence-corrected chi connectivity index (χ2v) is 8.32. The van der Waals surface area contributed by atoms with Crippen LogP contribution in [-0.2, 0) is 17.9 Å². The summed E-state index contributed by atoms with van der Waals surface area (Å²) in [5, 5.41) is 15.4. The van der Waals surface area contributed by atoms with E-state index in [1.54, 1.807) is 0 Å². The standard InChI is InChI=1S/C21H21N7OS/c29-20(13-30-21-24-25-26-28(21)17-9-10-17)22-11-15-5-7-16(8-6-15)12-27-14-23-18-3-1-2-4-19(18)27/h1-8,14,17H,9-13H2,(H,22,29). The number of amides is 1. The van der Waals surface area contributed by atoms with Gasteiger partial charge >= 0.3 is 0 Å². The number of para-hydroxylation sites is 2. The summed E-state index contributed by atoms with van der Waals surface area (Å²) >= 11 is 1.38. The molecule has 1 amide bonds. The van der Waals surface area contributed by atoms with E-state index in [0.717, 1.165) is 36.0 Å². The minimum atomic E-state index is -0.0284. The first kappa shape index (κ1) is 18.8. The van der Waals surface area contributed by atoms with Gasteiger partial charge in [-0.2, -0.15) is 0 Å². The summed E-state index contributed by atoms with van der Waals surface area (Å²) in [6.07, 6.45) is 4.09. The second kappa shape index (κ2) is 8.27. The van der Waals surface area contributed by atoms with Gasteiger partial charge in [0.25, 0.3) is 0 Å². The normalized spacial score (nSPS) is 13.6. The van der Waals surface area contributed by atoms with Crippen molar-refractivity contribution in [1.82, 2.24) is 35.1 Å². The Bertz CT molecular complexity index is 1160. The molecular weight excluding hydrogens is 398 g/mol. The molecule has 0 bridgehead atoms. The third-order valence-corrected chi connectivity index (χ3v) is 6.01. The van der Waals surface area contributed by atoms with Gasteiger partial charge in [0.15, 0.2) is 0 Å². The number of benzene rings is 2. The van der Waals surface area contributed by atoms with Crippen molar-refractivity contribution in [3.8, 4) is 0 Å². The number of fused-ring (bicyclic) bond motifs is 1. The molecule has 1 aliphatic carbocycles. The largest absolute Gasteiger partial charge is 0.351 e. The molecule has 0 atom stereocenters. The van der Waals surface area contributed by atoms with E-state index in [9.17, 15) is 4.79 Å². The Balaban J connectivity index is 1.12. The van der Waals surface area contributed by atoms with Crippen molar-refractivity contribution in [2.75, 3.05) is 5.75 Å². The fourth-order valence-electron chi connectivity index (χ4n) is 3.31. The zero-order chi connectivity index (χ0) is 20.3. The van der Waals surface area contributed by atoms with Gasteiger partial charge in [-0.3, -0.25) is 4.79 Å². The van der Waals surface area contributed by atoms with Crippen LogP contribution in [0.3, 0.4) is 0 Å². The maximum absolute atomic E-state index is 12.2. The molecule has 1 fully saturated rings. The van der Waals surface area contributed by atoms with Gasteiger partial charge in [0.05, 0.1) is 29.2 Å². The van der Waals surface area contributed by atoms with Crippen LogP contribution in [0, 0.1) is 0 Å². The maximum atomic E-state index is 12.2. The highest BCUT2D eigenvalue weighted by Gasteiger charge is 2.28. The minimum Gasteiger partial charge on any atom is -0.351 e. The highest BCUT2D eigenvalue weighted by molar-refractivity contribution is 7.99. The predicted octanol–water partition coefficient (Wildman–Crippen LogP) is 2.81. The summed E-state index contributed by atoms with van der Waals surface area (Å²) in [5.74, 6) is 0.276. The Labute approximate surface area is 177 Å². The number of nitrogens with one attached hydrogen (secondary N) is 1. The lowest BCUT2D eigenvalue weighted by atomic mass is 10.1. The Morgan fingerprint density at radius 1 is 1.10 bits per heavy atom. The van der Waals surface area contributed by atoms with Crippen molar-refractivity contribution >= 4 is 28.7 Å². The molecule has 1 N–H and O–H groups in total. The van der Waals surface area contributed by atoms with Crippen LogP contribution in [-0.4, -0.2) is 41.4 Å². The van der Waals surface area contributed by atoms with Gasteiger partial charge in [0.1, 0.15) is 0 Å². The number of nitrogens with zero attached hydrogens (tertiary/aromatic N) is 6. The molecular formula is C21H21N7OS. The van der Waals surface area contributed by atoms with Crippen LogP contribution in [0.15, 0.2) is 60.0 Å². The Morgan fingerprint density at radius 3 is 2.73 bits per heavy atom. The summed E-state index contributed by atoms with van der Waals surface area (Å²) in [6, 6.07) is 16.8. The molecule has 9 heteroatoms. The lowest BCUT2D eigenvalue weighted by Crippen LogP contribution is -2.24. The SMILES string of the molecule is O=C(CSc1nnnn1C1CC1)NCc1ccc(Cn2cnc3ccccc32)cc1. The van der Waals surface area contributed by atoms with Crippen LogP contribution in [0.25, 0.3) is 11.0 Å². The van der Waals surface area contributed by atoms with Gasteiger partial charge in [-0.25, -0.2) is 9.67 Å². The van der Waals surface area contributed by atoms with Crippen molar-refractivity contribution in [2.24, 2.45) is 0 Å². The summed E-state index contributed by atoms with van der Waals surface area (Å²) in [7, 11) is 0. The van der Waals surface area contributed by atoms with E-state index in [-0.39, 0.29) is 5.91 Å². The molecule has 1 aliphatic rings. The number of thioether (sulfide) groups is 1. The van der Waals surface area contributed by atoms with Crippen molar-refractivity contribution in [1.29, 1.82) is 0 Å². The number of carbonyl (C=O) groups is 1. The zero-order valence-electron chi connectivity index (χ0n) is 16.3. The fraction of sp³-hybridized carbons (Fsp3) is 0.286. The topological polar surface area (TPSA) is 90.5 Å². The van der Waals surface area contributed by atoms with Crippen molar-refractivity contribution in [3.05, 3.63) is 66.0 Å². The third-order valence-electron chi connectivity index (χ3n) is 5.08. The number of carbonyl (C=O) groups excluding carboxylic acids is 1. The molecule has 30 heavy (non-hydrogen) atoms. The van der Waals surface area contributed by atoms with Crippen molar-refractivity contribution in [2.45, 2.75) is 37.1 Å². The number of aromatic nitrogens is 6. The van der Waals surface area contributed by atoms with E-state index in [4.69, 9.17) is 0 Å². The Morgan fingerprint density at radius 2 is 1.90 bits per heavy atom. The maximum Gasteiger partial charge on any atom is 0.230 e. The lowest BCUT2D eigenvalue weighted by molar-refractivity contribution is -0.118. The zero-order valence-corrected chi connectivity index (χ0v) is 17.1. The van der Waals surface area contributed by atoms with Crippen LogP contribution < -0.4 is 5.32 Å². The molecule has 4 aromatic rings. The molecule has 5 rings (SSSR count). The first-order valence-corrected chi connectivity index (χ1v) is 10.9. The number of hydrogen-bond acceptors (Lipinski definition) is 6. The predicted molar refractivity (Wildman–Crippen MR) is 114 cm³/mol. The highest BCUT2D eigenvalue weighted by Crippen LogP contribution is 2.36. The van der Waals surface area contributed by atoms with Gasteiger partial charge < -0.3 is 9.88 Å². The summed E-state index contributed by atoms with van der Waals surface area (Å²) in [5.41, 5.74) is 4.38. The van der Waals surface area contributed by atoms with Crippen LogP contribution in [0.5, 0.6) is 0 Å². The van der Waals surface area contributed by atoms with Gasteiger partial charge in [0.2, 0.25) is 11.1 Å². The smallest absolute Gasteiger partial charge is 0.230 e. The first-order chi connectivity index (χ1) is 14.8. The molecule has 8 nitrogen and oxygen atoms in total. The Hall–Kier alpha value is -3.20. The molecule has 152 valence electrons. The minimum absolute atomic E-state index is 0.0284. The van der Waals surface area contributed by atoms with E-state index in [1.165, 1.54) is 17.3 Å². The van der Waals surface area contributed by atoms with E-state index < -0.39 is 0 Å². The average molecular weight is 420 g/mol. The molecule has 0 radical (unpaired) electrons. The number of rotatable bonds is 8. The molecule has 0 aliphatic heterocycles. The van der Waals surface area contributed by atoms with E-state index in [1.807, 2.05) is 29.2 Å². The first-order valence-electron chi connectivity index (χ1n) is 9.91. The average Bonchev–Trinajstić information content (AvgIpc) is 3.38. The van der Waals surface area contributed by atoms with E-state index in [2.05, 4.69) is 60.7 Å². The van der Waals surface area contributed by atoms with Gasteiger partial charge in [0, 0.05) is 13.1 Å². The second-order valence-electron chi connectivity index (χ2n) is 7.38. The van der Waals surface area contributed by atoms with Crippen LogP contribution in [0.1, 0.15) is 30.0 Å². The number of tetrazole rings is 1. The van der Waals surface area contributed by atoms with Crippen LogP contribution in [0.4, 0.5) is 0 Å². The van der Waals surface area contributed by atoms with E-state index >= 15 is 0 Å². The monoisotopic (exact) mass is 419 g/mol. The van der Waals surface area contributed by atoms with Crippen molar-refractivity contribution in [3.63, 3.8) is 0 Å². The summed E-state index contributed by atoms with van der Waals surface area (Å²) in [4.78, 5) is 16.6. The molecule has 0 unspecified atom stereocenters. The van der Waals surface area contributed by atoms with Crippen LogP contribution in [0.2, 0.25) is 0 Å². The summed E-state index contributed by atoms with van der Waals surface area (Å²) < 4.78 is 3.96. The lowest BCUT2D eigenvalue weighted by Gasteiger charge is -2.08. The summed E-state index contributed by atoms with van der Waals surface area (Å²) in [6.45, 7) is 1.26. The van der Waals surface area contributed by atoms with Crippen molar-refractivity contribution < 1.29 is 4.79 Å². The third kappa shape index (κ3) is 4.20. The fourth-order valence-corrected chi connectivity index (χ4v) is 4.08. The highest BCUT2D eigenvalue weighted by atomic mass is 32.2. The molecule has 1 saturated carbocycles. The van der Waals surface area contributed by atoms with Gasteiger partial charge in [-0.15, -0.1) is 5.10 Å².